The number of aromatic nitrogens is 1. The Balaban J connectivity index is 3.36. The highest BCUT2D eigenvalue weighted by atomic mass is 19.3. The number of aromatic amines is 1. The van der Waals surface area contributed by atoms with Gasteiger partial charge in [-0.25, -0.2) is 8.78 Å². The maximum absolute atomic E-state index is 12.5. The zero-order valence-corrected chi connectivity index (χ0v) is 8.17. The first-order chi connectivity index (χ1) is 7.47. The molecule has 1 aromatic rings. The van der Waals surface area contributed by atoms with Crippen LogP contribution >= 0.6 is 0 Å². The smallest absolute Gasteiger partial charge is 0.308 e. The van der Waals surface area contributed by atoms with E-state index in [2.05, 4.69) is 4.98 Å². The van der Waals surface area contributed by atoms with Crippen LogP contribution in [0.3, 0.4) is 0 Å². The Bertz CT molecular complexity index is 457. The Morgan fingerprint density at radius 3 is 2.62 bits per heavy atom. The van der Waals surface area contributed by atoms with Gasteiger partial charge in [-0.2, -0.15) is 0 Å². The van der Waals surface area contributed by atoms with E-state index >= 15 is 0 Å². The fourth-order valence-electron chi connectivity index (χ4n) is 1.31. The summed E-state index contributed by atoms with van der Waals surface area (Å²) in [4.78, 5) is 24.2. The zero-order chi connectivity index (χ0) is 12.3. The number of alkyl halides is 2. The van der Waals surface area contributed by atoms with Crippen molar-refractivity contribution in [3.63, 3.8) is 0 Å². The number of halogens is 2. The van der Waals surface area contributed by atoms with Gasteiger partial charge in [-0.05, 0) is 0 Å². The predicted molar refractivity (Wildman–Crippen MR) is 51.3 cm³/mol. The maximum Gasteiger partial charge on any atom is 0.308 e. The third-order valence-corrected chi connectivity index (χ3v) is 2.06. The summed E-state index contributed by atoms with van der Waals surface area (Å²) < 4.78 is 25.0. The summed E-state index contributed by atoms with van der Waals surface area (Å²) >= 11 is 0. The molecule has 0 atom stereocenters. The number of pyridine rings is 1. The maximum atomic E-state index is 12.5. The molecular weight excluding hydrogens is 222 g/mol. The summed E-state index contributed by atoms with van der Waals surface area (Å²) in [6.07, 6.45) is -2.59. The Labute approximate surface area is 88.9 Å². The van der Waals surface area contributed by atoms with Crippen molar-refractivity contribution in [3.05, 3.63) is 33.2 Å². The minimum absolute atomic E-state index is 0.0839. The summed E-state index contributed by atoms with van der Waals surface area (Å²) in [5.74, 6) is -1.35. The first kappa shape index (κ1) is 12.3. The van der Waals surface area contributed by atoms with E-state index in [9.17, 15) is 18.4 Å². The first-order valence-electron chi connectivity index (χ1n) is 4.40. The Hall–Kier alpha value is -1.76. The molecule has 0 fully saturated rings. The zero-order valence-electron chi connectivity index (χ0n) is 8.17. The van der Waals surface area contributed by atoms with Gasteiger partial charge in [0, 0.05) is 23.9 Å². The molecule has 5 nitrogen and oxygen atoms in total. The van der Waals surface area contributed by atoms with Crippen LogP contribution in [0.15, 0.2) is 11.0 Å². The summed E-state index contributed by atoms with van der Waals surface area (Å²) in [6.45, 7) is -0.133. The molecule has 0 bridgehead atoms. The Morgan fingerprint density at radius 1 is 1.56 bits per heavy atom. The molecule has 0 spiro atoms. The predicted octanol–water partition coefficient (Wildman–Crippen LogP) is 0.398. The average molecular weight is 232 g/mol. The lowest BCUT2D eigenvalue weighted by Gasteiger charge is -2.08. The number of aliphatic carboxylic acids is 1. The van der Waals surface area contributed by atoms with Crippen molar-refractivity contribution in [1.29, 1.82) is 0 Å². The highest BCUT2D eigenvalue weighted by molar-refractivity contribution is 5.70. The molecule has 0 aliphatic heterocycles. The fourth-order valence-corrected chi connectivity index (χ4v) is 1.31. The minimum atomic E-state index is -2.92. The molecule has 7 heteroatoms. The van der Waals surface area contributed by atoms with Gasteiger partial charge >= 0.3 is 5.97 Å². The number of nitrogens with one attached hydrogen (secondary N) is 1. The lowest BCUT2D eigenvalue weighted by Crippen LogP contribution is -2.23. The van der Waals surface area contributed by atoms with Crippen LogP contribution in [0.1, 0.15) is 23.2 Å². The number of hydrogen-bond donors (Lipinski definition) is 3. The minimum Gasteiger partial charge on any atom is -0.481 e. The van der Waals surface area contributed by atoms with Crippen molar-refractivity contribution in [2.45, 2.75) is 19.4 Å². The van der Waals surface area contributed by atoms with E-state index in [1.54, 1.807) is 0 Å². The molecule has 1 rings (SSSR count). The number of carboxylic acid groups (broad SMARTS) is 1. The van der Waals surface area contributed by atoms with Gasteiger partial charge in [0.2, 0.25) is 0 Å². The standard InChI is InChI=1S/C9H10F2N2O3/c10-9(11)7-5(1-6(14)15)8(16)4(2-12)3-13-7/h3,9H,1-2,12H2,(H,13,16)(H,14,15). The van der Waals surface area contributed by atoms with E-state index < -0.39 is 35.5 Å². The number of hydrogen-bond acceptors (Lipinski definition) is 3. The van der Waals surface area contributed by atoms with Gasteiger partial charge in [0.25, 0.3) is 6.43 Å². The van der Waals surface area contributed by atoms with Crippen molar-refractivity contribution in [2.24, 2.45) is 5.73 Å². The van der Waals surface area contributed by atoms with Crippen LogP contribution in [0.2, 0.25) is 0 Å². The Morgan fingerprint density at radius 2 is 2.19 bits per heavy atom. The molecular formula is C9H10F2N2O3. The van der Waals surface area contributed by atoms with E-state index in [4.69, 9.17) is 10.8 Å². The first-order valence-corrected chi connectivity index (χ1v) is 4.40. The highest BCUT2D eigenvalue weighted by Gasteiger charge is 2.20. The summed E-state index contributed by atoms with van der Waals surface area (Å²) in [6, 6.07) is 0. The molecule has 0 amide bonds. The van der Waals surface area contributed by atoms with Crippen LogP contribution in [-0.2, 0) is 17.8 Å². The SMILES string of the molecule is NCc1c[nH]c(C(F)F)c(CC(=O)O)c1=O. The summed E-state index contributed by atoms with van der Waals surface area (Å²) in [5, 5.41) is 8.53. The van der Waals surface area contributed by atoms with Crippen LogP contribution in [0, 0.1) is 0 Å². The van der Waals surface area contributed by atoms with Gasteiger partial charge in [-0.1, -0.05) is 0 Å². The molecule has 0 unspecified atom stereocenters. The number of nitrogens with two attached hydrogens (primary N) is 1. The third-order valence-electron chi connectivity index (χ3n) is 2.06. The van der Waals surface area contributed by atoms with E-state index in [1.807, 2.05) is 0 Å². The molecule has 0 radical (unpaired) electrons. The van der Waals surface area contributed by atoms with E-state index in [-0.39, 0.29) is 12.1 Å². The molecule has 0 aliphatic rings. The second-order valence-corrected chi connectivity index (χ2v) is 3.11. The van der Waals surface area contributed by atoms with Crippen LogP contribution in [0.5, 0.6) is 0 Å². The summed E-state index contributed by atoms with van der Waals surface area (Å²) in [7, 11) is 0. The quantitative estimate of drug-likeness (QED) is 0.700. The second-order valence-electron chi connectivity index (χ2n) is 3.11. The van der Waals surface area contributed by atoms with Crippen molar-refractivity contribution in [3.8, 4) is 0 Å². The molecule has 0 aliphatic carbocycles. The molecule has 0 saturated heterocycles. The number of carbonyl (C=O) groups is 1. The second kappa shape index (κ2) is 4.84. The normalized spacial score (nSPS) is 10.8. The van der Waals surface area contributed by atoms with E-state index in [0.717, 1.165) is 6.20 Å². The van der Waals surface area contributed by atoms with Crippen molar-refractivity contribution < 1.29 is 18.7 Å². The van der Waals surface area contributed by atoms with Crippen LogP contribution < -0.4 is 11.2 Å². The number of H-pyrrole nitrogens is 1. The van der Waals surface area contributed by atoms with E-state index in [1.165, 1.54) is 0 Å². The molecule has 4 N–H and O–H groups in total. The topological polar surface area (TPSA) is 96.2 Å². The molecule has 16 heavy (non-hydrogen) atoms. The van der Waals surface area contributed by atoms with Gasteiger partial charge in [-0.3, -0.25) is 9.59 Å². The molecule has 1 heterocycles. The van der Waals surface area contributed by atoms with Crippen LogP contribution in [-0.4, -0.2) is 16.1 Å². The average Bonchev–Trinajstić information content (AvgIpc) is 2.19. The number of rotatable bonds is 4. The largest absolute Gasteiger partial charge is 0.481 e. The molecule has 1 aromatic heterocycles. The highest BCUT2D eigenvalue weighted by Crippen LogP contribution is 2.19. The van der Waals surface area contributed by atoms with Gasteiger partial charge in [0.1, 0.15) is 0 Å². The summed E-state index contributed by atoms with van der Waals surface area (Å²) in [5.41, 5.74) is 3.47. The lowest BCUT2D eigenvalue weighted by atomic mass is 10.1. The van der Waals surface area contributed by atoms with Crippen LogP contribution in [0.4, 0.5) is 8.78 Å². The van der Waals surface area contributed by atoms with Gasteiger partial charge in [-0.15, -0.1) is 0 Å². The number of carboxylic acids is 1. The van der Waals surface area contributed by atoms with Gasteiger partial charge < -0.3 is 15.8 Å². The van der Waals surface area contributed by atoms with Crippen LogP contribution in [0.25, 0.3) is 0 Å². The lowest BCUT2D eigenvalue weighted by molar-refractivity contribution is -0.136. The van der Waals surface area contributed by atoms with Gasteiger partial charge in [0.15, 0.2) is 5.43 Å². The van der Waals surface area contributed by atoms with Crippen molar-refractivity contribution >= 4 is 5.97 Å². The fraction of sp³-hybridized carbons (Fsp3) is 0.333. The van der Waals surface area contributed by atoms with E-state index in [0.29, 0.717) is 0 Å². The molecule has 0 saturated carbocycles. The molecule has 88 valence electrons. The van der Waals surface area contributed by atoms with Gasteiger partial charge in [0.05, 0.1) is 12.1 Å². The monoisotopic (exact) mass is 232 g/mol. The van der Waals surface area contributed by atoms with Crippen molar-refractivity contribution in [1.82, 2.24) is 4.98 Å². The Kier molecular flexibility index (Phi) is 3.73. The van der Waals surface area contributed by atoms with Crippen molar-refractivity contribution in [2.75, 3.05) is 0 Å². The molecule has 0 aromatic carbocycles. The third kappa shape index (κ3) is 2.43.